The maximum absolute atomic E-state index is 3.99. The summed E-state index contributed by atoms with van der Waals surface area (Å²) in [7, 11) is 3.82. The van der Waals surface area contributed by atoms with Crippen LogP contribution in [0.1, 0.15) is 0 Å². The third-order valence-electron chi connectivity index (χ3n) is 1.36. The van der Waals surface area contributed by atoms with Crippen LogP contribution >= 0.6 is 0 Å². The summed E-state index contributed by atoms with van der Waals surface area (Å²) in [5.74, 6) is 0.748. The van der Waals surface area contributed by atoms with Crippen molar-refractivity contribution in [2.24, 2.45) is 0 Å². The van der Waals surface area contributed by atoms with Gasteiger partial charge in [0.1, 0.15) is 0 Å². The third kappa shape index (κ3) is 3.66. The van der Waals surface area contributed by atoms with E-state index in [0.717, 1.165) is 5.95 Å². The Morgan fingerprint density at radius 1 is 1.07 bits per heavy atom. The molecule has 5 heteroatoms. The molecule has 2 heterocycles. The second kappa shape index (κ2) is 5.69. The fourth-order valence-corrected chi connectivity index (χ4v) is 0.737. The van der Waals surface area contributed by atoms with E-state index in [2.05, 4.69) is 20.2 Å². The Hall–Kier alpha value is -1.91. The van der Waals surface area contributed by atoms with Gasteiger partial charge in [-0.15, -0.1) is 0 Å². The molecule has 2 rings (SSSR count). The predicted molar refractivity (Wildman–Crippen MR) is 54.9 cm³/mol. The largest absolute Gasteiger partial charge is 0.347 e. The first kappa shape index (κ1) is 10.2. The minimum atomic E-state index is 0.748. The predicted octanol–water partition coefficient (Wildman–Crippen LogP) is 0.952. The lowest BCUT2D eigenvalue weighted by molar-refractivity contribution is 0.998. The van der Waals surface area contributed by atoms with Crippen LogP contribution in [0.3, 0.4) is 0 Å². The Bertz CT molecular complexity index is 299. The SMILES string of the molecule is CN(C)c1ncccn1.c1cn[nH]c1. The van der Waals surface area contributed by atoms with Crippen LogP contribution in [0.2, 0.25) is 0 Å². The average molecular weight is 191 g/mol. The number of rotatable bonds is 1. The van der Waals surface area contributed by atoms with Gasteiger partial charge in [-0.2, -0.15) is 5.10 Å². The van der Waals surface area contributed by atoms with E-state index in [4.69, 9.17) is 0 Å². The second-order valence-electron chi connectivity index (χ2n) is 2.71. The maximum Gasteiger partial charge on any atom is 0.224 e. The summed E-state index contributed by atoms with van der Waals surface area (Å²) >= 11 is 0. The average Bonchev–Trinajstić information content (AvgIpc) is 2.77. The van der Waals surface area contributed by atoms with Gasteiger partial charge < -0.3 is 4.90 Å². The van der Waals surface area contributed by atoms with Crippen molar-refractivity contribution in [2.45, 2.75) is 0 Å². The van der Waals surface area contributed by atoms with E-state index in [0.29, 0.717) is 0 Å². The van der Waals surface area contributed by atoms with Crippen molar-refractivity contribution in [3.63, 3.8) is 0 Å². The summed E-state index contributed by atoms with van der Waals surface area (Å²) in [6.07, 6.45) is 6.91. The fraction of sp³-hybridized carbons (Fsp3) is 0.222. The highest BCUT2D eigenvalue weighted by Crippen LogP contribution is 1.96. The summed E-state index contributed by atoms with van der Waals surface area (Å²) in [4.78, 5) is 9.85. The molecule has 1 N–H and O–H groups in total. The number of nitrogens with one attached hydrogen (secondary N) is 1. The highest BCUT2D eigenvalue weighted by Gasteiger charge is 1.91. The molecule has 0 aliphatic carbocycles. The van der Waals surface area contributed by atoms with Crippen LogP contribution < -0.4 is 4.90 Å². The first-order valence-corrected chi connectivity index (χ1v) is 4.19. The highest BCUT2D eigenvalue weighted by molar-refractivity contribution is 5.23. The van der Waals surface area contributed by atoms with Gasteiger partial charge in [0.2, 0.25) is 5.95 Å². The van der Waals surface area contributed by atoms with E-state index in [9.17, 15) is 0 Å². The van der Waals surface area contributed by atoms with Gasteiger partial charge in [-0.05, 0) is 12.1 Å². The van der Waals surface area contributed by atoms with Gasteiger partial charge in [0.15, 0.2) is 0 Å². The fourth-order valence-electron chi connectivity index (χ4n) is 0.737. The maximum atomic E-state index is 3.99. The lowest BCUT2D eigenvalue weighted by atomic mass is 10.7. The van der Waals surface area contributed by atoms with Crippen LogP contribution in [-0.4, -0.2) is 34.3 Å². The van der Waals surface area contributed by atoms with Crippen molar-refractivity contribution in [3.05, 3.63) is 36.9 Å². The second-order valence-corrected chi connectivity index (χ2v) is 2.71. The Balaban J connectivity index is 0.000000165. The molecule has 5 nitrogen and oxygen atoms in total. The normalized spacial score (nSPS) is 8.71. The van der Waals surface area contributed by atoms with Crippen LogP contribution in [-0.2, 0) is 0 Å². The van der Waals surface area contributed by atoms with E-state index >= 15 is 0 Å². The molecule has 0 saturated heterocycles. The van der Waals surface area contributed by atoms with E-state index in [1.165, 1.54) is 0 Å². The van der Waals surface area contributed by atoms with E-state index in [-0.39, 0.29) is 0 Å². The van der Waals surface area contributed by atoms with E-state index in [1.54, 1.807) is 30.9 Å². The van der Waals surface area contributed by atoms with Crippen molar-refractivity contribution < 1.29 is 0 Å². The molecular weight excluding hydrogens is 178 g/mol. The number of aromatic amines is 1. The summed E-state index contributed by atoms with van der Waals surface area (Å²) in [6, 6.07) is 3.63. The zero-order valence-electron chi connectivity index (χ0n) is 8.25. The van der Waals surface area contributed by atoms with Gasteiger partial charge in [0, 0.05) is 38.9 Å². The molecule has 0 aromatic carbocycles. The Labute approximate surface area is 82.8 Å². The molecule has 2 aromatic rings. The molecule has 0 amide bonds. The van der Waals surface area contributed by atoms with Gasteiger partial charge in [0.05, 0.1) is 0 Å². The Morgan fingerprint density at radius 2 is 1.79 bits per heavy atom. The number of nitrogens with zero attached hydrogens (tertiary/aromatic N) is 4. The smallest absolute Gasteiger partial charge is 0.224 e. The van der Waals surface area contributed by atoms with Gasteiger partial charge in [-0.3, -0.25) is 5.10 Å². The quantitative estimate of drug-likeness (QED) is 0.729. The van der Waals surface area contributed by atoms with Crippen molar-refractivity contribution in [3.8, 4) is 0 Å². The highest BCUT2D eigenvalue weighted by atomic mass is 15.2. The first-order chi connectivity index (χ1) is 6.80. The molecular formula is C9H13N5. The monoisotopic (exact) mass is 191 g/mol. The topological polar surface area (TPSA) is 57.7 Å². The van der Waals surface area contributed by atoms with Crippen molar-refractivity contribution in [1.29, 1.82) is 0 Å². The standard InChI is InChI=1S/C6H9N3.C3H4N2/c1-9(2)6-7-4-3-5-8-6;1-2-4-5-3-1/h3-5H,1-2H3;1-3H,(H,4,5). The molecule has 0 saturated carbocycles. The minimum Gasteiger partial charge on any atom is -0.347 e. The molecule has 0 bridgehead atoms. The van der Waals surface area contributed by atoms with Gasteiger partial charge in [0.25, 0.3) is 0 Å². The lowest BCUT2D eigenvalue weighted by Crippen LogP contribution is -2.11. The molecule has 0 aliphatic rings. The van der Waals surface area contributed by atoms with E-state index in [1.807, 2.05) is 25.1 Å². The van der Waals surface area contributed by atoms with Crippen LogP contribution in [0, 0.1) is 0 Å². The van der Waals surface area contributed by atoms with E-state index < -0.39 is 0 Å². The number of aromatic nitrogens is 4. The van der Waals surface area contributed by atoms with Crippen LogP contribution in [0.5, 0.6) is 0 Å². The number of hydrogen-bond acceptors (Lipinski definition) is 4. The van der Waals surface area contributed by atoms with Crippen molar-refractivity contribution >= 4 is 5.95 Å². The lowest BCUT2D eigenvalue weighted by Gasteiger charge is -2.06. The molecule has 0 aliphatic heterocycles. The van der Waals surface area contributed by atoms with Gasteiger partial charge in [-0.1, -0.05) is 0 Å². The minimum absolute atomic E-state index is 0.748. The third-order valence-corrected chi connectivity index (χ3v) is 1.36. The zero-order chi connectivity index (χ0) is 10.2. The number of anilines is 1. The van der Waals surface area contributed by atoms with Crippen LogP contribution in [0.15, 0.2) is 36.9 Å². The first-order valence-electron chi connectivity index (χ1n) is 4.19. The van der Waals surface area contributed by atoms with Gasteiger partial charge >= 0.3 is 0 Å². The molecule has 0 radical (unpaired) electrons. The molecule has 0 unspecified atom stereocenters. The Kier molecular flexibility index (Phi) is 4.13. The number of hydrogen-bond donors (Lipinski definition) is 1. The molecule has 74 valence electrons. The van der Waals surface area contributed by atoms with Crippen molar-refractivity contribution in [1.82, 2.24) is 20.2 Å². The molecule has 14 heavy (non-hydrogen) atoms. The van der Waals surface area contributed by atoms with Crippen molar-refractivity contribution in [2.75, 3.05) is 19.0 Å². The van der Waals surface area contributed by atoms with Crippen LogP contribution in [0.4, 0.5) is 5.95 Å². The number of H-pyrrole nitrogens is 1. The molecule has 0 spiro atoms. The molecule has 0 atom stereocenters. The summed E-state index contributed by atoms with van der Waals surface area (Å²) in [6.45, 7) is 0. The summed E-state index contributed by atoms with van der Waals surface area (Å²) in [5, 5.41) is 6.21. The molecule has 2 aromatic heterocycles. The zero-order valence-corrected chi connectivity index (χ0v) is 8.25. The Morgan fingerprint density at radius 3 is 2.07 bits per heavy atom. The summed E-state index contributed by atoms with van der Waals surface area (Å²) in [5.41, 5.74) is 0. The van der Waals surface area contributed by atoms with Gasteiger partial charge in [-0.25, -0.2) is 9.97 Å². The molecule has 0 fully saturated rings. The summed E-state index contributed by atoms with van der Waals surface area (Å²) < 4.78 is 0. The van der Waals surface area contributed by atoms with Crippen LogP contribution in [0.25, 0.3) is 0 Å².